The molecule has 0 saturated heterocycles. The van der Waals surface area contributed by atoms with Crippen LogP contribution in [0.5, 0.6) is 0 Å². The minimum absolute atomic E-state index is 0.495. The Kier molecular flexibility index (Phi) is 2.08. The monoisotopic (exact) mass is 194 g/mol. The Morgan fingerprint density at radius 3 is 2.57 bits per heavy atom. The molecule has 0 aliphatic heterocycles. The quantitative estimate of drug-likeness (QED) is 0.670. The molecule has 2 unspecified atom stereocenters. The van der Waals surface area contributed by atoms with Gasteiger partial charge < -0.3 is 5.11 Å². The molecule has 80 valence electrons. The SMILES string of the molecule is CC(C)(O)CC1=CCC2CC1C2(C)C. The van der Waals surface area contributed by atoms with Gasteiger partial charge in [-0.3, -0.25) is 0 Å². The highest BCUT2D eigenvalue weighted by molar-refractivity contribution is 5.24. The van der Waals surface area contributed by atoms with Crippen molar-refractivity contribution in [3.8, 4) is 0 Å². The highest BCUT2D eigenvalue weighted by Gasteiger charge is 2.51. The second-order valence-corrected chi connectivity index (χ2v) is 6.31. The highest BCUT2D eigenvalue weighted by atomic mass is 16.3. The Morgan fingerprint density at radius 1 is 1.50 bits per heavy atom. The fraction of sp³-hybridized carbons (Fsp3) is 0.846. The second kappa shape index (κ2) is 2.85. The molecule has 3 rings (SSSR count). The van der Waals surface area contributed by atoms with Crippen molar-refractivity contribution in [3.05, 3.63) is 11.6 Å². The van der Waals surface area contributed by atoms with Gasteiger partial charge in [-0.05, 0) is 50.4 Å². The first kappa shape index (κ1) is 10.2. The number of fused-ring (bicyclic) bond motifs is 1. The summed E-state index contributed by atoms with van der Waals surface area (Å²) in [6.45, 7) is 8.57. The van der Waals surface area contributed by atoms with E-state index in [9.17, 15) is 5.11 Å². The Balaban J connectivity index is 2.11. The standard InChI is InChI=1S/C13H22O/c1-12(2,14)8-9-5-6-10-7-11(9)13(10,3)4/h5,10-11,14H,6-8H2,1-4H3. The van der Waals surface area contributed by atoms with Crippen molar-refractivity contribution < 1.29 is 5.11 Å². The van der Waals surface area contributed by atoms with Gasteiger partial charge in [-0.25, -0.2) is 0 Å². The van der Waals surface area contributed by atoms with Gasteiger partial charge in [-0.2, -0.15) is 0 Å². The smallest absolute Gasteiger partial charge is 0.0628 e. The van der Waals surface area contributed by atoms with Crippen LogP contribution in [0.3, 0.4) is 0 Å². The average Bonchev–Trinajstić information content (AvgIpc) is 2.00. The molecule has 0 radical (unpaired) electrons. The summed E-state index contributed by atoms with van der Waals surface area (Å²) in [5, 5.41) is 9.83. The maximum absolute atomic E-state index is 9.83. The normalized spacial score (nSPS) is 34.8. The Hall–Kier alpha value is -0.300. The van der Waals surface area contributed by atoms with Crippen LogP contribution in [0.1, 0.15) is 47.0 Å². The van der Waals surface area contributed by atoms with Gasteiger partial charge in [0, 0.05) is 0 Å². The Bertz CT molecular complexity index is 267. The number of allylic oxidation sites excluding steroid dienone is 1. The van der Waals surface area contributed by atoms with E-state index in [1.807, 2.05) is 13.8 Å². The van der Waals surface area contributed by atoms with Crippen LogP contribution in [0, 0.1) is 17.3 Å². The van der Waals surface area contributed by atoms with Crippen LogP contribution in [0.25, 0.3) is 0 Å². The maximum Gasteiger partial charge on any atom is 0.0628 e. The molecule has 0 aromatic heterocycles. The topological polar surface area (TPSA) is 20.2 Å². The summed E-state index contributed by atoms with van der Waals surface area (Å²) in [6, 6.07) is 0. The third kappa shape index (κ3) is 1.52. The zero-order valence-electron chi connectivity index (χ0n) is 9.80. The second-order valence-electron chi connectivity index (χ2n) is 6.31. The van der Waals surface area contributed by atoms with Gasteiger partial charge in [-0.15, -0.1) is 0 Å². The maximum atomic E-state index is 9.83. The molecule has 0 spiro atoms. The van der Waals surface area contributed by atoms with Gasteiger partial charge in [-0.1, -0.05) is 25.5 Å². The van der Waals surface area contributed by atoms with Gasteiger partial charge in [0.15, 0.2) is 0 Å². The first-order valence-electron chi connectivity index (χ1n) is 5.72. The van der Waals surface area contributed by atoms with Gasteiger partial charge >= 0.3 is 0 Å². The minimum atomic E-state index is -0.537. The van der Waals surface area contributed by atoms with Crippen LogP contribution in [-0.2, 0) is 0 Å². The van der Waals surface area contributed by atoms with Crippen LogP contribution in [0.15, 0.2) is 11.6 Å². The molecule has 1 nitrogen and oxygen atoms in total. The van der Waals surface area contributed by atoms with Crippen molar-refractivity contribution in [2.75, 3.05) is 0 Å². The van der Waals surface area contributed by atoms with E-state index in [0.29, 0.717) is 5.41 Å². The molecule has 1 N–H and O–H groups in total. The van der Waals surface area contributed by atoms with E-state index in [0.717, 1.165) is 18.3 Å². The van der Waals surface area contributed by atoms with Gasteiger partial charge in [0.25, 0.3) is 0 Å². The van der Waals surface area contributed by atoms with E-state index in [-0.39, 0.29) is 0 Å². The molecule has 1 heteroatoms. The number of hydrogen-bond acceptors (Lipinski definition) is 1. The molecular weight excluding hydrogens is 172 g/mol. The summed E-state index contributed by atoms with van der Waals surface area (Å²) >= 11 is 0. The molecule has 0 aromatic rings. The molecule has 3 aliphatic rings. The molecule has 14 heavy (non-hydrogen) atoms. The molecule has 3 aliphatic carbocycles. The van der Waals surface area contributed by atoms with E-state index in [4.69, 9.17) is 0 Å². The van der Waals surface area contributed by atoms with Gasteiger partial charge in [0.05, 0.1) is 5.60 Å². The number of aliphatic hydroxyl groups is 1. The molecule has 1 saturated carbocycles. The van der Waals surface area contributed by atoms with E-state index in [1.54, 1.807) is 0 Å². The van der Waals surface area contributed by atoms with E-state index in [2.05, 4.69) is 19.9 Å². The molecule has 2 bridgehead atoms. The van der Waals surface area contributed by atoms with Crippen molar-refractivity contribution in [1.82, 2.24) is 0 Å². The van der Waals surface area contributed by atoms with Gasteiger partial charge in [0.2, 0.25) is 0 Å². The van der Waals surface area contributed by atoms with Crippen LogP contribution >= 0.6 is 0 Å². The minimum Gasteiger partial charge on any atom is -0.390 e. The summed E-state index contributed by atoms with van der Waals surface area (Å²) < 4.78 is 0. The number of rotatable bonds is 2. The van der Waals surface area contributed by atoms with Crippen molar-refractivity contribution in [2.24, 2.45) is 17.3 Å². The van der Waals surface area contributed by atoms with E-state index < -0.39 is 5.60 Å². The summed E-state index contributed by atoms with van der Waals surface area (Å²) in [4.78, 5) is 0. The molecule has 0 heterocycles. The van der Waals surface area contributed by atoms with Gasteiger partial charge in [0.1, 0.15) is 0 Å². The highest BCUT2D eigenvalue weighted by Crippen LogP contribution is 2.60. The van der Waals surface area contributed by atoms with E-state index >= 15 is 0 Å². The molecular formula is C13H22O. The summed E-state index contributed by atoms with van der Waals surface area (Å²) in [5.41, 5.74) is 1.46. The molecule has 2 atom stereocenters. The molecule has 0 amide bonds. The van der Waals surface area contributed by atoms with Crippen molar-refractivity contribution >= 4 is 0 Å². The molecule has 1 fully saturated rings. The zero-order chi connectivity index (χ0) is 10.6. The van der Waals surface area contributed by atoms with Crippen molar-refractivity contribution in [1.29, 1.82) is 0 Å². The predicted octanol–water partition coefficient (Wildman–Crippen LogP) is 3.14. The number of hydrogen-bond donors (Lipinski definition) is 1. The summed E-state index contributed by atoms with van der Waals surface area (Å²) in [5.74, 6) is 1.64. The predicted molar refractivity (Wildman–Crippen MR) is 59.0 cm³/mol. The lowest BCUT2D eigenvalue weighted by atomic mass is 9.48. The van der Waals surface area contributed by atoms with E-state index in [1.165, 1.54) is 18.4 Å². The van der Waals surface area contributed by atoms with Crippen molar-refractivity contribution in [3.63, 3.8) is 0 Å². The lowest BCUT2D eigenvalue weighted by Gasteiger charge is -2.57. The summed E-state index contributed by atoms with van der Waals surface area (Å²) in [6.07, 6.45) is 5.82. The third-order valence-electron chi connectivity index (χ3n) is 4.22. The first-order chi connectivity index (χ1) is 6.31. The fourth-order valence-corrected chi connectivity index (χ4v) is 3.18. The fourth-order valence-electron chi connectivity index (χ4n) is 3.18. The first-order valence-corrected chi connectivity index (χ1v) is 5.72. The zero-order valence-corrected chi connectivity index (χ0v) is 9.80. The Labute approximate surface area is 87.2 Å². The summed E-state index contributed by atoms with van der Waals surface area (Å²) in [7, 11) is 0. The third-order valence-corrected chi connectivity index (χ3v) is 4.22. The van der Waals surface area contributed by atoms with Crippen molar-refractivity contribution in [2.45, 2.75) is 52.6 Å². The lowest BCUT2D eigenvalue weighted by Crippen LogP contribution is -2.48. The van der Waals surface area contributed by atoms with Crippen LogP contribution in [-0.4, -0.2) is 10.7 Å². The average molecular weight is 194 g/mol. The van der Waals surface area contributed by atoms with Crippen LogP contribution < -0.4 is 0 Å². The van der Waals surface area contributed by atoms with Crippen LogP contribution in [0.2, 0.25) is 0 Å². The molecule has 0 aromatic carbocycles. The lowest BCUT2D eigenvalue weighted by molar-refractivity contribution is -0.0182. The Morgan fingerprint density at radius 2 is 2.14 bits per heavy atom. The van der Waals surface area contributed by atoms with Crippen LogP contribution in [0.4, 0.5) is 0 Å². The largest absolute Gasteiger partial charge is 0.390 e.